The number of allylic oxidation sites excluding steroid dienone is 1. The maximum absolute atomic E-state index is 14.4. The van der Waals surface area contributed by atoms with Gasteiger partial charge in [0.1, 0.15) is 30.8 Å². The number of carbonyl (C=O) groups excluding carboxylic acids is 1. The van der Waals surface area contributed by atoms with Crippen molar-refractivity contribution in [1.82, 2.24) is 4.90 Å². The number of aliphatic hydroxyl groups excluding tert-OH is 2. The van der Waals surface area contributed by atoms with Crippen molar-refractivity contribution in [3.05, 3.63) is 145 Å². The summed E-state index contributed by atoms with van der Waals surface area (Å²) in [5.41, 5.74) is 4.58. The highest BCUT2D eigenvalue weighted by atomic mass is 16.7. The third-order valence-corrected chi connectivity index (χ3v) is 12.3. The zero-order valence-corrected chi connectivity index (χ0v) is 34.6. The first kappa shape index (κ1) is 42.7. The molecular formula is C50H58N2O8. The van der Waals surface area contributed by atoms with E-state index in [1.165, 1.54) is 7.11 Å². The minimum absolute atomic E-state index is 0.0721. The Morgan fingerprint density at radius 3 is 2.43 bits per heavy atom. The molecule has 1 heterocycles. The van der Waals surface area contributed by atoms with Gasteiger partial charge in [-0.15, -0.1) is 6.58 Å². The van der Waals surface area contributed by atoms with Crippen LogP contribution in [0.1, 0.15) is 67.6 Å². The average Bonchev–Trinajstić information content (AvgIpc) is 3.28. The molecule has 2 N–H and O–H groups in total. The molecule has 6 atom stereocenters. The lowest BCUT2D eigenvalue weighted by Gasteiger charge is -2.59. The quantitative estimate of drug-likeness (QED) is 0.0515. The van der Waals surface area contributed by atoms with Crippen molar-refractivity contribution in [3.63, 3.8) is 0 Å². The van der Waals surface area contributed by atoms with Gasteiger partial charge in [0, 0.05) is 31.1 Å². The van der Waals surface area contributed by atoms with Crippen molar-refractivity contribution in [2.45, 2.75) is 75.8 Å². The zero-order chi connectivity index (χ0) is 41.9. The fraction of sp³-hybridized carbons (Fsp3) is 0.400. The number of hydrogen-bond donors (Lipinski definition) is 2. The van der Waals surface area contributed by atoms with Gasteiger partial charge < -0.3 is 34.0 Å². The fourth-order valence-electron chi connectivity index (χ4n) is 9.69. The molecule has 0 spiro atoms. The van der Waals surface area contributed by atoms with Gasteiger partial charge in [-0.25, -0.2) is 4.79 Å². The van der Waals surface area contributed by atoms with Crippen LogP contribution in [0.25, 0.3) is 10.8 Å². The molecule has 10 heteroatoms. The number of ether oxygens (including phenoxy) is 4. The summed E-state index contributed by atoms with van der Waals surface area (Å²) in [7, 11) is 1.40. The van der Waals surface area contributed by atoms with E-state index in [-0.39, 0.29) is 57.1 Å². The van der Waals surface area contributed by atoms with Crippen LogP contribution in [-0.4, -0.2) is 72.3 Å². The molecule has 60 heavy (non-hydrogen) atoms. The van der Waals surface area contributed by atoms with Crippen LogP contribution in [0.3, 0.4) is 0 Å². The van der Waals surface area contributed by atoms with E-state index in [9.17, 15) is 15.0 Å². The Morgan fingerprint density at radius 1 is 0.917 bits per heavy atom. The second kappa shape index (κ2) is 20.2. The van der Waals surface area contributed by atoms with Crippen LogP contribution in [0.4, 0.5) is 4.79 Å². The lowest BCUT2D eigenvalue weighted by Crippen LogP contribution is -2.70. The van der Waals surface area contributed by atoms with E-state index >= 15 is 0 Å². The highest BCUT2D eigenvalue weighted by Crippen LogP contribution is 2.62. The minimum Gasteiger partial charge on any atom is -0.490 e. The van der Waals surface area contributed by atoms with Gasteiger partial charge in [-0.1, -0.05) is 116 Å². The van der Waals surface area contributed by atoms with Crippen LogP contribution in [0.5, 0.6) is 11.5 Å². The Labute approximate surface area is 353 Å². The lowest BCUT2D eigenvalue weighted by molar-refractivity contribution is -0.256. The number of aliphatic hydroxyl groups is 2. The number of oxime groups is 1. The standard InChI is InChI=1S/C50H58N2O8/c1-4-28-57-39-24-25-45-43(31-39)47-41(23-12-14-27-54)37(19-11-13-26-53)30-42-44(51-59-34-35-16-7-6-8-17-35)32-46(50(60-45,48(42)47)58-29-5-2)52(49(55)56-3)33-38-21-15-20-36-18-9-10-22-40(36)38/h4-10,15-18,20-22,24-25,30-31,37,41,46-48,53-54H,1-2,11-14,19,23,26-29,32-34H2,3H3. The number of unbranched alkanes of at least 4 members (excludes halogenated alkanes) is 2. The van der Waals surface area contributed by atoms with Crippen LogP contribution in [0.2, 0.25) is 0 Å². The maximum atomic E-state index is 14.4. The summed E-state index contributed by atoms with van der Waals surface area (Å²) in [6, 6.07) is 29.4. The Balaban J connectivity index is 1.46. The lowest BCUT2D eigenvalue weighted by atomic mass is 9.55. The number of benzene rings is 4. The highest BCUT2D eigenvalue weighted by Gasteiger charge is 2.65. The molecule has 0 aromatic heterocycles. The number of amides is 1. The normalized spacial score (nSPS) is 23.4. The second-order valence-electron chi connectivity index (χ2n) is 15.9. The molecule has 6 unspecified atom stereocenters. The molecule has 3 aliphatic rings. The van der Waals surface area contributed by atoms with Gasteiger partial charge in [0.05, 0.1) is 31.9 Å². The molecular weight excluding hydrogens is 757 g/mol. The van der Waals surface area contributed by atoms with Gasteiger partial charge in [-0.2, -0.15) is 0 Å². The number of carbonyl (C=O) groups is 1. The highest BCUT2D eigenvalue weighted by molar-refractivity contribution is 6.03. The SMILES string of the molecule is C=CCOc1ccc2c(c1)C1C(CCCCO)C(CCCCO)C=C3C(=NOCc4ccccc4)CC(N(Cc4cccc5ccccc45)C(=O)OC)C(OCC=C)(O2)C31. The summed E-state index contributed by atoms with van der Waals surface area (Å²) in [4.78, 5) is 22.4. The molecule has 0 radical (unpaired) electrons. The minimum atomic E-state index is -1.43. The van der Waals surface area contributed by atoms with E-state index < -0.39 is 23.8 Å². The van der Waals surface area contributed by atoms with Crippen molar-refractivity contribution in [3.8, 4) is 11.5 Å². The molecule has 1 amide bonds. The van der Waals surface area contributed by atoms with E-state index in [1.54, 1.807) is 17.1 Å². The van der Waals surface area contributed by atoms with Gasteiger partial charge in [-0.05, 0) is 83.2 Å². The molecule has 1 saturated carbocycles. The largest absolute Gasteiger partial charge is 0.490 e. The Kier molecular flexibility index (Phi) is 14.4. The van der Waals surface area contributed by atoms with Crippen molar-refractivity contribution in [1.29, 1.82) is 0 Å². The van der Waals surface area contributed by atoms with E-state index in [2.05, 4.69) is 43.5 Å². The number of hydrogen-bond acceptors (Lipinski definition) is 9. The van der Waals surface area contributed by atoms with Crippen LogP contribution < -0.4 is 9.47 Å². The fourth-order valence-corrected chi connectivity index (χ4v) is 9.69. The van der Waals surface area contributed by atoms with Gasteiger partial charge in [-0.3, -0.25) is 4.90 Å². The van der Waals surface area contributed by atoms with Crippen LogP contribution in [0.15, 0.2) is 133 Å². The number of methoxy groups -OCH3 is 1. The molecule has 4 aromatic rings. The molecule has 0 saturated heterocycles. The first-order valence-corrected chi connectivity index (χ1v) is 21.3. The maximum Gasteiger partial charge on any atom is 0.410 e. The number of nitrogens with zero attached hydrogens (tertiary/aromatic N) is 2. The topological polar surface area (TPSA) is 119 Å². The molecule has 10 nitrogen and oxygen atoms in total. The summed E-state index contributed by atoms with van der Waals surface area (Å²) < 4.78 is 26.2. The zero-order valence-electron chi connectivity index (χ0n) is 34.6. The van der Waals surface area contributed by atoms with Crippen molar-refractivity contribution >= 4 is 22.6 Å². The first-order chi connectivity index (χ1) is 29.5. The molecule has 0 bridgehead atoms. The number of rotatable bonds is 20. The first-order valence-electron chi connectivity index (χ1n) is 21.3. The Hall–Kier alpha value is -5.42. The van der Waals surface area contributed by atoms with Gasteiger partial charge in [0.25, 0.3) is 0 Å². The molecule has 4 aromatic carbocycles. The van der Waals surface area contributed by atoms with Gasteiger partial charge in [0.2, 0.25) is 5.79 Å². The van der Waals surface area contributed by atoms with Gasteiger partial charge >= 0.3 is 6.09 Å². The van der Waals surface area contributed by atoms with Crippen molar-refractivity contribution in [2.75, 3.05) is 33.5 Å². The molecule has 2 aliphatic carbocycles. The molecule has 1 aliphatic heterocycles. The predicted molar refractivity (Wildman–Crippen MR) is 234 cm³/mol. The van der Waals surface area contributed by atoms with E-state index in [1.807, 2.05) is 66.7 Å². The van der Waals surface area contributed by atoms with Gasteiger partial charge in [0.15, 0.2) is 0 Å². The molecule has 1 fully saturated rings. The summed E-state index contributed by atoms with van der Waals surface area (Å²) >= 11 is 0. The van der Waals surface area contributed by atoms with E-state index in [4.69, 9.17) is 28.9 Å². The smallest absolute Gasteiger partial charge is 0.410 e. The summed E-state index contributed by atoms with van der Waals surface area (Å²) in [6.45, 7) is 9.09. The summed E-state index contributed by atoms with van der Waals surface area (Å²) in [6.07, 6.45) is 10.2. The Morgan fingerprint density at radius 2 is 1.67 bits per heavy atom. The summed E-state index contributed by atoms with van der Waals surface area (Å²) in [5.74, 6) is -0.580. The van der Waals surface area contributed by atoms with Crippen LogP contribution in [0, 0.1) is 17.8 Å². The molecule has 316 valence electrons. The van der Waals surface area contributed by atoms with E-state index in [0.717, 1.165) is 58.7 Å². The van der Waals surface area contributed by atoms with E-state index in [0.29, 0.717) is 36.7 Å². The third kappa shape index (κ3) is 9.01. The second-order valence-corrected chi connectivity index (χ2v) is 15.9. The predicted octanol–water partition coefficient (Wildman–Crippen LogP) is 9.51. The molecule has 7 rings (SSSR count). The monoisotopic (exact) mass is 814 g/mol. The number of fused-ring (bicyclic) bond motifs is 3. The van der Waals surface area contributed by atoms with Crippen molar-refractivity contribution in [2.24, 2.45) is 22.9 Å². The third-order valence-electron chi connectivity index (χ3n) is 12.3. The average molecular weight is 815 g/mol. The van der Waals surface area contributed by atoms with Crippen LogP contribution in [-0.2, 0) is 27.5 Å². The van der Waals surface area contributed by atoms with Crippen molar-refractivity contribution < 1.29 is 38.8 Å². The summed E-state index contributed by atoms with van der Waals surface area (Å²) in [5, 5.41) is 26.9. The Bertz CT molecular complexity index is 2150. The van der Waals surface area contributed by atoms with Crippen LogP contribution >= 0.6 is 0 Å².